The van der Waals surface area contributed by atoms with Crippen LogP contribution in [-0.2, 0) is 4.79 Å². The van der Waals surface area contributed by atoms with Crippen LogP contribution in [0.1, 0.15) is 19.8 Å². The van der Waals surface area contributed by atoms with Gasteiger partial charge in [0.15, 0.2) is 0 Å². The maximum Gasteiger partial charge on any atom is 0.124 e. The van der Waals surface area contributed by atoms with E-state index in [1.54, 1.807) is 0 Å². The molecule has 62 valence electrons. The van der Waals surface area contributed by atoms with Gasteiger partial charge in [-0.15, -0.1) is 0 Å². The van der Waals surface area contributed by atoms with Crippen LogP contribution in [0.5, 0.6) is 0 Å². The van der Waals surface area contributed by atoms with Gasteiger partial charge in [-0.05, 0) is 30.6 Å². The molecule has 0 spiro atoms. The van der Waals surface area contributed by atoms with Crippen LogP contribution in [0, 0.1) is 23.7 Å². The number of hydrogen-bond donors (Lipinski definition) is 1. The number of carbonyl (C=O) groups is 1. The number of aldehydes is 1. The zero-order valence-electron chi connectivity index (χ0n) is 6.86. The third-order valence-electron chi connectivity index (χ3n) is 3.62. The summed E-state index contributed by atoms with van der Waals surface area (Å²) in [5, 5.41) is 0. The summed E-state index contributed by atoms with van der Waals surface area (Å²) in [7, 11) is 0. The average molecular weight is 153 g/mol. The van der Waals surface area contributed by atoms with E-state index in [9.17, 15) is 4.79 Å². The minimum Gasteiger partial charge on any atom is -0.327 e. The maximum absolute atomic E-state index is 10.6. The lowest BCUT2D eigenvalue weighted by Crippen LogP contribution is -2.39. The highest BCUT2D eigenvalue weighted by molar-refractivity contribution is 5.57. The molecule has 0 amide bonds. The second kappa shape index (κ2) is 2.31. The molecule has 2 heteroatoms. The van der Waals surface area contributed by atoms with E-state index >= 15 is 0 Å². The van der Waals surface area contributed by atoms with Gasteiger partial charge in [0.1, 0.15) is 6.29 Å². The summed E-state index contributed by atoms with van der Waals surface area (Å²) in [5.74, 6) is 2.18. The number of rotatable bonds is 1. The van der Waals surface area contributed by atoms with Crippen LogP contribution >= 0.6 is 0 Å². The van der Waals surface area contributed by atoms with Gasteiger partial charge in [0.05, 0.1) is 0 Å². The Morgan fingerprint density at radius 3 is 2.64 bits per heavy atom. The van der Waals surface area contributed by atoms with Crippen molar-refractivity contribution in [1.82, 2.24) is 0 Å². The van der Waals surface area contributed by atoms with E-state index in [1.807, 2.05) is 0 Å². The molecule has 0 radical (unpaired) electrons. The van der Waals surface area contributed by atoms with E-state index in [-0.39, 0.29) is 12.0 Å². The molecule has 0 aliphatic heterocycles. The van der Waals surface area contributed by atoms with Crippen molar-refractivity contribution in [3.8, 4) is 0 Å². The van der Waals surface area contributed by atoms with Crippen molar-refractivity contribution in [3.63, 3.8) is 0 Å². The highest BCUT2D eigenvalue weighted by Crippen LogP contribution is 2.49. The topological polar surface area (TPSA) is 43.1 Å². The predicted molar refractivity (Wildman–Crippen MR) is 42.9 cm³/mol. The molecule has 2 rings (SSSR count). The minimum absolute atomic E-state index is 0.168. The lowest BCUT2D eigenvalue weighted by molar-refractivity contribution is -0.113. The first-order chi connectivity index (χ1) is 5.24. The van der Waals surface area contributed by atoms with Crippen molar-refractivity contribution in [2.75, 3.05) is 0 Å². The van der Waals surface area contributed by atoms with E-state index in [4.69, 9.17) is 5.73 Å². The van der Waals surface area contributed by atoms with Gasteiger partial charge in [-0.3, -0.25) is 0 Å². The van der Waals surface area contributed by atoms with Gasteiger partial charge < -0.3 is 10.5 Å². The van der Waals surface area contributed by atoms with Gasteiger partial charge in [0.2, 0.25) is 0 Å². The molecule has 2 saturated carbocycles. The molecule has 2 aliphatic carbocycles. The predicted octanol–water partition coefficient (Wildman–Crippen LogP) is 0.805. The SMILES string of the molecule is CC1CC2CC1C(N)C2C=O. The summed E-state index contributed by atoms with van der Waals surface area (Å²) in [4.78, 5) is 10.6. The van der Waals surface area contributed by atoms with E-state index in [1.165, 1.54) is 12.8 Å². The first-order valence-electron chi connectivity index (χ1n) is 4.45. The van der Waals surface area contributed by atoms with Crippen LogP contribution in [0.25, 0.3) is 0 Å². The van der Waals surface area contributed by atoms with Gasteiger partial charge in [0.25, 0.3) is 0 Å². The third-order valence-corrected chi connectivity index (χ3v) is 3.62. The molecule has 2 N–H and O–H groups in total. The maximum atomic E-state index is 10.6. The van der Waals surface area contributed by atoms with Crippen LogP contribution in [-0.4, -0.2) is 12.3 Å². The van der Waals surface area contributed by atoms with Gasteiger partial charge >= 0.3 is 0 Å². The Kier molecular flexibility index (Phi) is 1.53. The van der Waals surface area contributed by atoms with Crippen molar-refractivity contribution in [2.45, 2.75) is 25.8 Å². The summed E-state index contributed by atoms with van der Waals surface area (Å²) in [6.45, 7) is 2.26. The number of fused-ring (bicyclic) bond motifs is 2. The van der Waals surface area contributed by atoms with Crippen LogP contribution < -0.4 is 5.73 Å². The molecule has 2 bridgehead atoms. The quantitative estimate of drug-likeness (QED) is 0.566. The van der Waals surface area contributed by atoms with Crippen molar-refractivity contribution in [2.24, 2.45) is 29.4 Å². The average Bonchev–Trinajstić information content (AvgIpc) is 2.44. The van der Waals surface area contributed by atoms with Crippen molar-refractivity contribution < 1.29 is 4.79 Å². The molecule has 0 heterocycles. The molecule has 0 saturated heterocycles. The summed E-state index contributed by atoms with van der Waals surface area (Å²) >= 11 is 0. The molecule has 2 aliphatic rings. The fraction of sp³-hybridized carbons (Fsp3) is 0.889. The molecule has 11 heavy (non-hydrogen) atoms. The molecular weight excluding hydrogens is 138 g/mol. The molecule has 5 atom stereocenters. The Bertz CT molecular complexity index is 178. The first-order valence-corrected chi connectivity index (χ1v) is 4.45. The van der Waals surface area contributed by atoms with E-state index < -0.39 is 0 Å². The van der Waals surface area contributed by atoms with Crippen LogP contribution in [0.15, 0.2) is 0 Å². The van der Waals surface area contributed by atoms with Crippen LogP contribution in [0.4, 0.5) is 0 Å². The zero-order chi connectivity index (χ0) is 8.01. The second-order valence-corrected chi connectivity index (χ2v) is 4.16. The summed E-state index contributed by atoms with van der Waals surface area (Å²) < 4.78 is 0. The van der Waals surface area contributed by atoms with Crippen LogP contribution in [0.3, 0.4) is 0 Å². The molecule has 2 nitrogen and oxygen atoms in total. The van der Waals surface area contributed by atoms with E-state index in [0.29, 0.717) is 11.8 Å². The highest BCUT2D eigenvalue weighted by atomic mass is 16.1. The Labute approximate surface area is 67.1 Å². The van der Waals surface area contributed by atoms with Crippen molar-refractivity contribution >= 4 is 6.29 Å². The monoisotopic (exact) mass is 153 g/mol. The van der Waals surface area contributed by atoms with Gasteiger partial charge in [-0.25, -0.2) is 0 Å². The molecule has 5 unspecified atom stereocenters. The standard InChI is InChI=1S/C9H15NO/c1-5-2-6-3-7(5)9(10)8(6)4-11/h4-9H,2-3,10H2,1H3. The lowest BCUT2D eigenvalue weighted by atomic mass is 9.80. The van der Waals surface area contributed by atoms with Crippen LogP contribution in [0.2, 0.25) is 0 Å². The minimum atomic E-state index is 0.168. The Morgan fingerprint density at radius 1 is 1.45 bits per heavy atom. The smallest absolute Gasteiger partial charge is 0.124 e. The highest BCUT2D eigenvalue weighted by Gasteiger charge is 2.49. The summed E-state index contributed by atoms with van der Waals surface area (Å²) in [5.41, 5.74) is 5.93. The fourth-order valence-electron chi connectivity index (χ4n) is 2.98. The normalized spacial score (nSPS) is 54.9. The Hall–Kier alpha value is -0.370. The number of hydrogen-bond acceptors (Lipinski definition) is 2. The van der Waals surface area contributed by atoms with Crippen molar-refractivity contribution in [1.29, 1.82) is 0 Å². The Morgan fingerprint density at radius 2 is 2.18 bits per heavy atom. The summed E-state index contributed by atoms with van der Waals surface area (Å²) in [6.07, 6.45) is 3.49. The first kappa shape index (κ1) is 7.29. The van der Waals surface area contributed by atoms with Gasteiger partial charge in [0, 0.05) is 12.0 Å². The molecule has 2 fully saturated rings. The number of carbonyl (C=O) groups excluding carboxylic acids is 1. The molecule has 0 aromatic rings. The second-order valence-electron chi connectivity index (χ2n) is 4.16. The molecule has 0 aromatic heterocycles. The largest absolute Gasteiger partial charge is 0.327 e. The number of nitrogens with two attached hydrogens (primary N) is 1. The van der Waals surface area contributed by atoms with Crippen molar-refractivity contribution in [3.05, 3.63) is 0 Å². The van der Waals surface area contributed by atoms with Gasteiger partial charge in [-0.1, -0.05) is 6.92 Å². The molecule has 0 aromatic carbocycles. The molecular formula is C9H15NO. The van der Waals surface area contributed by atoms with E-state index in [2.05, 4.69) is 6.92 Å². The van der Waals surface area contributed by atoms with E-state index in [0.717, 1.165) is 12.2 Å². The third kappa shape index (κ3) is 0.853. The zero-order valence-corrected chi connectivity index (χ0v) is 6.86. The lowest BCUT2D eigenvalue weighted by Gasteiger charge is -2.28. The fourth-order valence-corrected chi connectivity index (χ4v) is 2.98. The summed E-state index contributed by atoms with van der Waals surface area (Å²) in [6, 6.07) is 0.168. The van der Waals surface area contributed by atoms with Gasteiger partial charge in [-0.2, -0.15) is 0 Å². The Balaban J connectivity index is 2.17.